The molecule has 7 heteroatoms. The quantitative estimate of drug-likeness (QED) is 0.818. The number of carbonyl (C=O) groups is 3. The van der Waals surface area contributed by atoms with Gasteiger partial charge in [-0.1, -0.05) is 0 Å². The fraction of sp³-hybridized carbons (Fsp3) is 0.550. The van der Waals surface area contributed by atoms with E-state index in [1.807, 2.05) is 0 Å². The maximum atomic E-state index is 12.6. The lowest BCUT2D eigenvalue weighted by molar-refractivity contribution is -0.125. The van der Waals surface area contributed by atoms with E-state index in [-0.39, 0.29) is 24.0 Å². The van der Waals surface area contributed by atoms with Crippen LogP contribution < -0.4 is 16.0 Å². The van der Waals surface area contributed by atoms with E-state index in [1.165, 1.54) is 0 Å². The molecule has 3 atom stereocenters. The van der Waals surface area contributed by atoms with Crippen molar-refractivity contribution < 1.29 is 19.1 Å². The molecule has 3 rings (SSSR count). The summed E-state index contributed by atoms with van der Waals surface area (Å²) in [4.78, 5) is 38.2. The number of nitrogens with two attached hydrogens (primary N) is 1. The molecule has 0 aromatic heterocycles. The fourth-order valence-electron chi connectivity index (χ4n) is 3.96. The summed E-state index contributed by atoms with van der Waals surface area (Å²) in [5, 5.41) is 2.94. The van der Waals surface area contributed by atoms with Crippen LogP contribution in [0.25, 0.3) is 0 Å². The molecule has 1 aliphatic carbocycles. The van der Waals surface area contributed by atoms with Gasteiger partial charge in [-0.2, -0.15) is 0 Å². The van der Waals surface area contributed by atoms with E-state index < -0.39 is 11.8 Å². The van der Waals surface area contributed by atoms with Crippen LogP contribution in [-0.4, -0.2) is 43.5 Å². The Labute approximate surface area is 159 Å². The van der Waals surface area contributed by atoms with Gasteiger partial charge in [-0.3, -0.25) is 14.4 Å². The van der Waals surface area contributed by atoms with Crippen LogP contribution in [0.3, 0.4) is 0 Å². The number of methoxy groups -OCH3 is 1. The summed E-state index contributed by atoms with van der Waals surface area (Å²) < 4.78 is 5.34. The molecule has 1 aromatic carbocycles. The summed E-state index contributed by atoms with van der Waals surface area (Å²) >= 11 is 0. The lowest BCUT2D eigenvalue weighted by atomic mass is 9.82. The second kappa shape index (κ2) is 8.52. The number of benzene rings is 1. The molecule has 0 radical (unpaired) electrons. The van der Waals surface area contributed by atoms with Gasteiger partial charge in [0.25, 0.3) is 5.91 Å². The van der Waals surface area contributed by atoms with Gasteiger partial charge < -0.3 is 20.7 Å². The minimum atomic E-state index is -0.433. The lowest BCUT2D eigenvalue weighted by Crippen LogP contribution is -2.49. The second-order valence-electron chi connectivity index (χ2n) is 7.31. The van der Waals surface area contributed by atoms with E-state index in [0.29, 0.717) is 31.4 Å². The zero-order chi connectivity index (χ0) is 19.4. The predicted molar refractivity (Wildman–Crippen MR) is 101 cm³/mol. The molecule has 3 N–H and O–H groups in total. The summed E-state index contributed by atoms with van der Waals surface area (Å²) in [6, 6.07) is 6.74. The summed E-state index contributed by atoms with van der Waals surface area (Å²) in [7, 11) is 1.62. The number of nitrogens with one attached hydrogen (secondary N) is 1. The predicted octanol–water partition coefficient (Wildman–Crippen LogP) is 1.60. The van der Waals surface area contributed by atoms with Crippen LogP contribution in [0.15, 0.2) is 24.3 Å². The topological polar surface area (TPSA) is 102 Å². The first-order chi connectivity index (χ1) is 13.0. The van der Waals surface area contributed by atoms with Crippen LogP contribution in [0.4, 0.5) is 5.69 Å². The first-order valence-electron chi connectivity index (χ1n) is 9.53. The van der Waals surface area contributed by atoms with Gasteiger partial charge in [0.2, 0.25) is 11.8 Å². The Balaban J connectivity index is 1.65. The summed E-state index contributed by atoms with van der Waals surface area (Å²) in [5.41, 5.74) is 6.83. The standard InChI is InChI=1S/C20H27N3O4/c1-27-15-9-10-17(16(12-15)19(21)25)22-20(26)13-5-7-14(8-6-13)23-11-3-2-4-18(23)24/h5-8,15-17H,2-4,9-12H2,1H3,(H2,21,25)(H,22,26). The number of nitrogens with zero attached hydrogens (tertiary/aromatic N) is 1. The third-order valence-electron chi connectivity index (χ3n) is 5.58. The molecule has 27 heavy (non-hydrogen) atoms. The Bertz CT molecular complexity index is 704. The summed E-state index contributed by atoms with van der Waals surface area (Å²) in [6.45, 7) is 0.716. The Hall–Kier alpha value is -2.41. The number of anilines is 1. The number of piperidine rings is 1. The fourth-order valence-corrected chi connectivity index (χ4v) is 3.96. The van der Waals surface area contributed by atoms with E-state index in [4.69, 9.17) is 10.5 Å². The molecule has 7 nitrogen and oxygen atoms in total. The SMILES string of the molecule is COC1CCC(NC(=O)c2ccc(N3CCCCC3=O)cc2)C(C(N)=O)C1. The second-order valence-corrected chi connectivity index (χ2v) is 7.31. The molecule has 1 heterocycles. The molecule has 3 unspecified atom stereocenters. The van der Waals surface area contributed by atoms with Crippen molar-refractivity contribution in [3.05, 3.63) is 29.8 Å². The average molecular weight is 373 g/mol. The normalized spacial score (nSPS) is 25.9. The van der Waals surface area contributed by atoms with E-state index in [9.17, 15) is 14.4 Å². The van der Waals surface area contributed by atoms with Crippen LogP contribution >= 0.6 is 0 Å². The zero-order valence-electron chi connectivity index (χ0n) is 15.6. The van der Waals surface area contributed by atoms with Crippen molar-refractivity contribution in [1.29, 1.82) is 0 Å². The number of primary amides is 1. The van der Waals surface area contributed by atoms with Gasteiger partial charge in [0, 0.05) is 37.4 Å². The van der Waals surface area contributed by atoms with Crippen LogP contribution in [0.1, 0.15) is 48.9 Å². The van der Waals surface area contributed by atoms with Gasteiger partial charge in [-0.05, 0) is 56.4 Å². The molecule has 0 spiro atoms. The van der Waals surface area contributed by atoms with Crippen LogP contribution in [-0.2, 0) is 14.3 Å². The number of hydrogen-bond acceptors (Lipinski definition) is 4. The molecule has 0 bridgehead atoms. The molecule has 146 valence electrons. The Kier molecular flexibility index (Phi) is 6.11. The monoisotopic (exact) mass is 373 g/mol. The minimum Gasteiger partial charge on any atom is -0.381 e. The van der Waals surface area contributed by atoms with Gasteiger partial charge in [-0.25, -0.2) is 0 Å². The average Bonchev–Trinajstić information content (AvgIpc) is 2.68. The van der Waals surface area contributed by atoms with E-state index >= 15 is 0 Å². The Morgan fingerprint density at radius 2 is 1.93 bits per heavy atom. The van der Waals surface area contributed by atoms with Crippen molar-refractivity contribution in [3.8, 4) is 0 Å². The van der Waals surface area contributed by atoms with Gasteiger partial charge in [0.15, 0.2) is 0 Å². The minimum absolute atomic E-state index is 0.00276. The molecule has 2 fully saturated rings. The number of rotatable bonds is 5. The highest BCUT2D eigenvalue weighted by atomic mass is 16.5. The number of hydrogen-bond donors (Lipinski definition) is 2. The Morgan fingerprint density at radius 3 is 2.56 bits per heavy atom. The largest absolute Gasteiger partial charge is 0.381 e. The molecule has 1 saturated heterocycles. The number of ether oxygens (including phenoxy) is 1. The summed E-state index contributed by atoms with van der Waals surface area (Å²) in [6.07, 6.45) is 4.44. The smallest absolute Gasteiger partial charge is 0.251 e. The highest BCUT2D eigenvalue weighted by molar-refractivity contribution is 5.97. The van der Waals surface area contributed by atoms with Gasteiger partial charge in [-0.15, -0.1) is 0 Å². The lowest BCUT2D eigenvalue weighted by Gasteiger charge is -2.34. The molecule has 2 aliphatic rings. The summed E-state index contributed by atoms with van der Waals surface area (Å²) in [5.74, 6) is -0.963. The number of amides is 3. The van der Waals surface area contributed by atoms with Crippen molar-refractivity contribution in [1.82, 2.24) is 5.32 Å². The first kappa shape index (κ1) is 19.4. The Morgan fingerprint density at radius 1 is 1.19 bits per heavy atom. The van der Waals surface area contributed by atoms with Crippen molar-refractivity contribution in [2.75, 3.05) is 18.6 Å². The van der Waals surface area contributed by atoms with Crippen molar-refractivity contribution >= 4 is 23.4 Å². The molecule has 1 aromatic rings. The maximum absolute atomic E-state index is 12.6. The van der Waals surface area contributed by atoms with E-state index in [2.05, 4.69) is 5.32 Å². The number of carbonyl (C=O) groups excluding carboxylic acids is 3. The highest BCUT2D eigenvalue weighted by Gasteiger charge is 2.35. The van der Waals surface area contributed by atoms with Gasteiger partial charge in [0.1, 0.15) is 0 Å². The zero-order valence-corrected chi connectivity index (χ0v) is 15.6. The molecule has 1 saturated carbocycles. The van der Waals surface area contributed by atoms with Gasteiger partial charge >= 0.3 is 0 Å². The molecular formula is C20H27N3O4. The van der Waals surface area contributed by atoms with Crippen LogP contribution in [0.2, 0.25) is 0 Å². The first-order valence-corrected chi connectivity index (χ1v) is 9.53. The molecular weight excluding hydrogens is 346 g/mol. The van der Waals surface area contributed by atoms with Gasteiger partial charge in [0.05, 0.1) is 12.0 Å². The highest BCUT2D eigenvalue weighted by Crippen LogP contribution is 2.27. The van der Waals surface area contributed by atoms with Crippen molar-refractivity contribution in [2.24, 2.45) is 11.7 Å². The third kappa shape index (κ3) is 4.47. The van der Waals surface area contributed by atoms with Crippen molar-refractivity contribution in [2.45, 2.75) is 50.7 Å². The van der Waals surface area contributed by atoms with E-state index in [1.54, 1.807) is 36.3 Å². The maximum Gasteiger partial charge on any atom is 0.251 e. The van der Waals surface area contributed by atoms with E-state index in [0.717, 1.165) is 24.9 Å². The van der Waals surface area contributed by atoms with Crippen LogP contribution in [0, 0.1) is 5.92 Å². The van der Waals surface area contributed by atoms with Crippen LogP contribution in [0.5, 0.6) is 0 Å². The third-order valence-corrected chi connectivity index (χ3v) is 5.58. The molecule has 3 amide bonds. The van der Waals surface area contributed by atoms with Crippen molar-refractivity contribution in [3.63, 3.8) is 0 Å². The molecule has 1 aliphatic heterocycles.